The fourth-order valence-corrected chi connectivity index (χ4v) is 8.96. The van der Waals surface area contributed by atoms with Gasteiger partial charge in [0, 0.05) is 49.7 Å². The number of aliphatic imine (C=N–C) groups is 2. The highest BCUT2D eigenvalue weighted by Gasteiger charge is 2.38. The van der Waals surface area contributed by atoms with Crippen molar-refractivity contribution >= 4 is 61.1 Å². The number of hydrogen-bond donors (Lipinski definition) is 1. The van der Waals surface area contributed by atoms with Crippen LogP contribution in [0.15, 0.2) is 196 Å². The van der Waals surface area contributed by atoms with E-state index < -0.39 is 0 Å². The third-order valence-corrected chi connectivity index (χ3v) is 11.6. The zero-order valence-electron chi connectivity index (χ0n) is 30.7. The van der Waals surface area contributed by atoms with Crippen molar-refractivity contribution in [3.05, 3.63) is 204 Å². The SMILES string of the molecule is C1=CC2c3cc(-c4cccc5c4oc4ccc(C6=NC(c7ccccc7)N=C(c7ccccc7)N6)cc45)ccc3OC2C(n2c3ccccc3c3ccccc32)=C1. The van der Waals surface area contributed by atoms with Crippen molar-refractivity contribution in [1.82, 2.24) is 9.88 Å². The zero-order chi connectivity index (χ0) is 37.5. The number of aromatic nitrogens is 1. The molecule has 6 nitrogen and oxygen atoms in total. The van der Waals surface area contributed by atoms with Gasteiger partial charge in [-0.2, -0.15) is 0 Å². The number of amidine groups is 2. The topological polar surface area (TPSA) is 64.1 Å². The Morgan fingerprint density at radius 3 is 2.04 bits per heavy atom. The molecule has 0 bridgehead atoms. The van der Waals surface area contributed by atoms with Gasteiger partial charge in [-0.1, -0.05) is 133 Å². The van der Waals surface area contributed by atoms with Gasteiger partial charge in [0.25, 0.3) is 0 Å². The molecule has 1 aliphatic carbocycles. The van der Waals surface area contributed by atoms with Crippen LogP contribution in [0.1, 0.15) is 34.3 Å². The normalized spacial score (nSPS) is 18.5. The molecule has 2 aliphatic heterocycles. The van der Waals surface area contributed by atoms with Gasteiger partial charge >= 0.3 is 0 Å². The van der Waals surface area contributed by atoms with Crippen LogP contribution >= 0.6 is 0 Å². The predicted molar refractivity (Wildman–Crippen MR) is 231 cm³/mol. The van der Waals surface area contributed by atoms with Gasteiger partial charge in [-0.05, 0) is 59.7 Å². The molecule has 57 heavy (non-hydrogen) atoms. The van der Waals surface area contributed by atoms with Gasteiger partial charge in [-0.3, -0.25) is 0 Å². The number of hydrogen-bond acceptors (Lipinski definition) is 5. The van der Waals surface area contributed by atoms with E-state index in [4.69, 9.17) is 19.1 Å². The highest BCUT2D eigenvalue weighted by Crippen LogP contribution is 2.48. The van der Waals surface area contributed by atoms with E-state index >= 15 is 0 Å². The highest BCUT2D eigenvalue weighted by atomic mass is 16.5. The van der Waals surface area contributed by atoms with Crippen molar-refractivity contribution in [2.24, 2.45) is 9.98 Å². The van der Waals surface area contributed by atoms with E-state index in [0.717, 1.165) is 72.9 Å². The Morgan fingerprint density at radius 1 is 0.561 bits per heavy atom. The first kappa shape index (κ1) is 31.9. The van der Waals surface area contributed by atoms with E-state index in [2.05, 4.69) is 156 Å². The van der Waals surface area contributed by atoms with E-state index in [0.29, 0.717) is 0 Å². The van der Waals surface area contributed by atoms with E-state index in [1.54, 1.807) is 0 Å². The number of nitrogens with one attached hydrogen (secondary N) is 1. The lowest BCUT2D eigenvalue weighted by Gasteiger charge is -2.25. The van der Waals surface area contributed by atoms with E-state index in [1.807, 2.05) is 36.4 Å². The zero-order valence-corrected chi connectivity index (χ0v) is 30.7. The molecule has 270 valence electrons. The Bertz CT molecular complexity index is 3150. The number of furan rings is 1. The third kappa shape index (κ3) is 5.04. The number of allylic oxidation sites excluding steroid dienone is 2. The molecule has 2 aromatic heterocycles. The number of benzene rings is 7. The average molecular weight is 735 g/mol. The van der Waals surface area contributed by atoms with Crippen LogP contribution in [-0.4, -0.2) is 22.3 Å². The first-order valence-corrected chi connectivity index (χ1v) is 19.4. The quantitative estimate of drug-likeness (QED) is 0.191. The van der Waals surface area contributed by atoms with Crippen LogP contribution in [0.5, 0.6) is 5.75 Å². The molecule has 1 N–H and O–H groups in total. The van der Waals surface area contributed by atoms with Gasteiger partial charge in [0.15, 0.2) is 6.17 Å². The van der Waals surface area contributed by atoms with Crippen molar-refractivity contribution in [3.63, 3.8) is 0 Å². The maximum Gasteiger partial charge on any atom is 0.169 e. The lowest BCUT2D eigenvalue weighted by Crippen LogP contribution is -2.36. The van der Waals surface area contributed by atoms with Crippen LogP contribution in [-0.2, 0) is 0 Å². The summed E-state index contributed by atoms with van der Waals surface area (Å²) in [4.78, 5) is 10.1. The van der Waals surface area contributed by atoms with E-state index in [9.17, 15) is 0 Å². The fourth-order valence-electron chi connectivity index (χ4n) is 8.96. The Morgan fingerprint density at radius 2 is 1.25 bits per heavy atom. The maximum atomic E-state index is 6.82. The predicted octanol–water partition coefficient (Wildman–Crippen LogP) is 11.8. The first-order chi connectivity index (χ1) is 28.2. The molecule has 3 aliphatic rings. The minimum atomic E-state index is -0.364. The highest BCUT2D eigenvalue weighted by molar-refractivity contribution is 6.18. The number of rotatable bonds is 5. The standard InChI is InChI=1S/C51H34N4O2/c1-3-13-31(14-4-1)49-52-50(32-15-5-2-6-16-32)54-51(53-49)34-26-28-45-41(30-34)38-20-11-19-35(47(38)56-45)33-25-27-46-40(29-33)39-21-12-24-44(48(39)57-46)55-42-22-9-7-17-36(42)37-18-8-10-23-43(37)55/h1-30,39,48-49H,(H,52,53,54). The monoisotopic (exact) mass is 734 g/mol. The molecule has 0 amide bonds. The van der Waals surface area contributed by atoms with E-state index in [-0.39, 0.29) is 18.2 Å². The molecule has 9 aromatic rings. The summed E-state index contributed by atoms with van der Waals surface area (Å²) in [6.07, 6.45) is 6.16. The number of fused-ring (bicyclic) bond motifs is 9. The van der Waals surface area contributed by atoms with Gasteiger partial charge in [0.05, 0.1) is 16.7 Å². The van der Waals surface area contributed by atoms with Crippen LogP contribution in [0.4, 0.5) is 0 Å². The molecule has 4 heterocycles. The molecule has 12 rings (SSSR count). The summed E-state index contributed by atoms with van der Waals surface area (Å²) in [6, 6.07) is 57.1. The summed E-state index contributed by atoms with van der Waals surface area (Å²) in [5, 5.41) is 8.13. The largest absolute Gasteiger partial charge is 0.483 e. The molecule has 0 radical (unpaired) electrons. The summed E-state index contributed by atoms with van der Waals surface area (Å²) in [5.41, 5.74) is 11.5. The molecule has 0 saturated carbocycles. The molecule has 3 unspecified atom stereocenters. The van der Waals surface area contributed by atoms with Crippen molar-refractivity contribution < 1.29 is 9.15 Å². The maximum absolute atomic E-state index is 6.82. The Labute approximate surface area is 328 Å². The van der Waals surface area contributed by atoms with E-state index in [1.165, 1.54) is 27.4 Å². The van der Waals surface area contributed by atoms with Crippen LogP contribution in [0.2, 0.25) is 0 Å². The number of nitrogens with zero attached hydrogens (tertiary/aromatic N) is 3. The summed E-state index contributed by atoms with van der Waals surface area (Å²) >= 11 is 0. The van der Waals surface area contributed by atoms with Gasteiger partial charge in [-0.15, -0.1) is 0 Å². The van der Waals surface area contributed by atoms with Crippen molar-refractivity contribution in [3.8, 4) is 16.9 Å². The number of ether oxygens (including phenoxy) is 1. The second-order valence-corrected chi connectivity index (χ2v) is 14.9. The molecule has 0 saturated heterocycles. The van der Waals surface area contributed by atoms with Crippen LogP contribution in [0.3, 0.4) is 0 Å². The Balaban J connectivity index is 0.910. The Hall–Kier alpha value is -7.44. The van der Waals surface area contributed by atoms with Crippen molar-refractivity contribution in [2.45, 2.75) is 18.2 Å². The summed E-state index contributed by atoms with van der Waals surface area (Å²) in [6.45, 7) is 0. The summed E-state index contributed by atoms with van der Waals surface area (Å²) < 4.78 is 15.9. The van der Waals surface area contributed by atoms with Gasteiger partial charge in [0.2, 0.25) is 0 Å². The number of para-hydroxylation sites is 3. The van der Waals surface area contributed by atoms with Crippen LogP contribution in [0.25, 0.3) is 60.6 Å². The summed E-state index contributed by atoms with van der Waals surface area (Å²) in [7, 11) is 0. The first-order valence-electron chi connectivity index (χ1n) is 19.4. The summed E-state index contributed by atoms with van der Waals surface area (Å²) in [5.74, 6) is 2.56. The molecular formula is C51H34N4O2. The molecule has 7 aromatic carbocycles. The second-order valence-electron chi connectivity index (χ2n) is 14.9. The van der Waals surface area contributed by atoms with Crippen LogP contribution < -0.4 is 10.1 Å². The molecule has 0 fully saturated rings. The molecular weight excluding hydrogens is 701 g/mol. The second kappa shape index (κ2) is 12.5. The van der Waals surface area contributed by atoms with Crippen LogP contribution in [0, 0.1) is 0 Å². The smallest absolute Gasteiger partial charge is 0.169 e. The third-order valence-electron chi connectivity index (χ3n) is 11.6. The van der Waals surface area contributed by atoms with Crippen molar-refractivity contribution in [1.29, 1.82) is 0 Å². The minimum Gasteiger partial charge on any atom is -0.483 e. The average Bonchev–Trinajstić information content (AvgIpc) is 3.96. The lowest BCUT2D eigenvalue weighted by atomic mass is 9.88. The lowest BCUT2D eigenvalue weighted by molar-refractivity contribution is 0.272. The Kier molecular flexibility index (Phi) is 7.01. The molecule has 3 atom stereocenters. The van der Waals surface area contributed by atoms with Gasteiger partial charge < -0.3 is 19.0 Å². The fraction of sp³-hybridized carbons (Fsp3) is 0.0588. The van der Waals surface area contributed by atoms with Gasteiger partial charge in [-0.25, -0.2) is 9.98 Å². The van der Waals surface area contributed by atoms with Gasteiger partial charge in [0.1, 0.15) is 34.7 Å². The molecule has 0 spiro atoms. The molecule has 6 heteroatoms. The minimum absolute atomic E-state index is 0.0742. The van der Waals surface area contributed by atoms with Crippen molar-refractivity contribution in [2.75, 3.05) is 0 Å².